The third-order valence-corrected chi connectivity index (χ3v) is 8.41. The van der Waals surface area contributed by atoms with Crippen molar-refractivity contribution in [3.63, 3.8) is 0 Å². The second-order valence-corrected chi connectivity index (χ2v) is 10.8. The molecule has 0 unspecified atom stereocenters. The fourth-order valence-electron chi connectivity index (χ4n) is 4.54. The van der Waals surface area contributed by atoms with Crippen LogP contribution in [0.5, 0.6) is 0 Å². The van der Waals surface area contributed by atoms with Crippen LogP contribution in [0.3, 0.4) is 0 Å². The van der Waals surface area contributed by atoms with Crippen molar-refractivity contribution in [1.29, 1.82) is 0 Å². The van der Waals surface area contributed by atoms with E-state index in [1.54, 1.807) is 6.92 Å². The molecule has 0 aliphatic heterocycles. The molecular weight excluding hydrogens is 504 g/mol. The van der Waals surface area contributed by atoms with Gasteiger partial charge in [-0.25, -0.2) is 4.79 Å². The topological polar surface area (TPSA) is 86.1 Å². The first-order valence-corrected chi connectivity index (χ1v) is 14.2. The molecule has 1 amide bonds. The smallest absolute Gasteiger partial charge is 0.341 e. The summed E-state index contributed by atoms with van der Waals surface area (Å²) in [5.41, 5.74) is 4.55. The maximum absolute atomic E-state index is 13.1. The lowest BCUT2D eigenvalue weighted by Gasteiger charge is -2.12. The minimum atomic E-state index is -0.364. The van der Waals surface area contributed by atoms with Gasteiger partial charge in [0.2, 0.25) is 5.91 Å². The van der Waals surface area contributed by atoms with Crippen molar-refractivity contribution < 1.29 is 14.3 Å². The number of carbonyl (C=O) groups excluding carboxylic acids is 2. The average Bonchev–Trinajstić information content (AvgIpc) is 3.49. The van der Waals surface area contributed by atoms with Gasteiger partial charge in [0.15, 0.2) is 11.0 Å². The van der Waals surface area contributed by atoms with Crippen LogP contribution >= 0.6 is 23.1 Å². The average molecular weight is 533 g/mol. The standard InChI is InChI=1S/C28H28N4O3S2/c1-3-35-27(34)24-21-15-9-10-16-22(21)37-26(24)29-23(33)17-36-28-31-30-25(20-14-8-7-11-18(20)2)32(28)19-12-5-4-6-13-19/h4-8,11-14H,3,9-10,15-17H2,1-2H3,(H,29,33). The highest BCUT2D eigenvalue weighted by atomic mass is 32.2. The SMILES string of the molecule is CCOC(=O)c1c(NC(=O)CSc2nnc(-c3ccccc3C)n2-c2ccccc2)sc2c1CCCC2. The zero-order valence-electron chi connectivity index (χ0n) is 20.8. The van der Waals surface area contributed by atoms with Crippen LogP contribution in [0.2, 0.25) is 0 Å². The van der Waals surface area contributed by atoms with E-state index in [9.17, 15) is 9.59 Å². The molecule has 1 N–H and O–H groups in total. The number of para-hydroxylation sites is 1. The Morgan fingerprint density at radius 2 is 1.81 bits per heavy atom. The Balaban J connectivity index is 1.39. The van der Waals surface area contributed by atoms with Crippen molar-refractivity contribution in [2.24, 2.45) is 0 Å². The molecule has 1 aliphatic rings. The third-order valence-electron chi connectivity index (χ3n) is 6.27. The lowest BCUT2D eigenvalue weighted by molar-refractivity contribution is -0.113. The van der Waals surface area contributed by atoms with Gasteiger partial charge in [-0.2, -0.15) is 0 Å². The number of thiophene rings is 1. The number of fused-ring (bicyclic) bond motifs is 1. The quantitative estimate of drug-likeness (QED) is 0.218. The van der Waals surface area contributed by atoms with Crippen LogP contribution in [0.25, 0.3) is 17.1 Å². The van der Waals surface area contributed by atoms with Gasteiger partial charge in [-0.1, -0.05) is 54.2 Å². The summed E-state index contributed by atoms with van der Waals surface area (Å²) < 4.78 is 7.29. The number of amides is 1. The largest absolute Gasteiger partial charge is 0.462 e. The molecule has 2 heterocycles. The predicted molar refractivity (Wildman–Crippen MR) is 148 cm³/mol. The van der Waals surface area contributed by atoms with Crippen molar-refractivity contribution in [2.75, 3.05) is 17.7 Å². The first kappa shape index (κ1) is 25.2. The van der Waals surface area contributed by atoms with Gasteiger partial charge in [0.25, 0.3) is 0 Å². The highest BCUT2D eigenvalue weighted by Crippen LogP contribution is 2.39. The van der Waals surface area contributed by atoms with E-state index < -0.39 is 0 Å². The van der Waals surface area contributed by atoms with Crippen molar-refractivity contribution in [3.05, 3.63) is 76.2 Å². The molecule has 0 bridgehead atoms. The van der Waals surface area contributed by atoms with Gasteiger partial charge in [-0.3, -0.25) is 9.36 Å². The summed E-state index contributed by atoms with van der Waals surface area (Å²) in [6.07, 6.45) is 3.90. The third kappa shape index (κ3) is 5.33. The Labute approximate surface area is 224 Å². The summed E-state index contributed by atoms with van der Waals surface area (Å²) in [5, 5.41) is 13.1. The zero-order chi connectivity index (χ0) is 25.8. The summed E-state index contributed by atoms with van der Waals surface area (Å²) in [6, 6.07) is 17.9. The summed E-state index contributed by atoms with van der Waals surface area (Å²) in [6.45, 7) is 4.13. The summed E-state index contributed by atoms with van der Waals surface area (Å²) in [7, 11) is 0. The van der Waals surface area contributed by atoms with Gasteiger partial charge in [0.1, 0.15) is 5.00 Å². The summed E-state index contributed by atoms with van der Waals surface area (Å²) in [4.78, 5) is 27.0. The molecule has 9 heteroatoms. The zero-order valence-corrected chi connectivity index (χ0v) is 22.5. The van der Waals surface area contributed by atoms with E-state index >= 15 is 0 Å². The molecule has 190 valence electrons. The molecule has 0 fully saturated rings. The predicted octanol–water partition coefficient (Wildman–Crippen LogP) is 6.09. The molecule has 37 heavy (non-hydrogen) atoms. The Kier molecular flexibility index (Phi) is 7.71. The molecule has 1 aliphatic carbocycles. The second kappa shape index (κ2) is 11.3. The van der Waals surface area contributed by atoms with Crippen LogP contribution in [-0.2, 0) is 22.4 Å². The highest BCUT2D eigenvalue weighted by Gasteiger charge is 2.27. The summed E-state index contributed by atoms with van der Waals surface area (Å²) in [5.74, 6) is 0.289. The van der Waals surface area contributed by atoms with E-state index in [1.807, 2.05) is 66.1 Å². The first-order chi connectivity index (χ1) is 18.1. The monoisotopic (exact) mass is 532 g/mol. The minimum Gasteiger partial charge on any atom is -0.462 e. The van der Waals surface area contributed by atoms with E-state index in [4.69, 9.17) is 4.74 Å². The molecule has 0 saturated heterocycles. The Morgan fingerprint density at radius 1 is 1.05 bits per heavy atom. The van der Waals surface area contributed by atoms with E-state index in [0.29, 0.717) is 22.3 Å². The Bertz CT molecular complexity index is 1430. The highest BCUT2D eigenvalue weighted by molar-refractivity contribution is 7.99. The lowest BCUT2D eigenvalue weighted by Crippen LogP contribution is -2.17. The van der Waals surface area contributed by atoms with Crippen molar-refractivity contribution in [2.45, 2.75) is 44.7 Å². The maximum atomic E-state index is 13.1. The Morgan fingerprint density at radius 3 is 2.59 bits per heavy atom. The Hall–Kier alpha value is -3.43. The number of thioether (sulfide) groups is 1. The first-order valence-electron chi connectivity index (χ1n) is 12.4. The van der Waals surface area contributed by atoms with E-state index in [-0.39, 0.29) is 17.6 Å². The molecule has 4 aromatic rings. The van der Waals surface area contributed by atoms with Crippen molar-refractivity contribution >= 4 is 40.0 Å². The number of nitrogens with zero attached hydrogens (tertiary/aromatic N) is 3. The molecule has 0 spiro atoms. The number of hydrogen-bond acceptors (Lipinski definition) is 7. The summed E-state index contributed by atoms with van der Waals surface area (Å²) >= 11 is 2.81. The number of esters is 1. The molecule has 5 rings (SSSR count). The number of aromatic nitrogens is 3. The van der Waals surface area contributed by atoms with Crippen LogP contribution in [0.15, 0.2) is 59.8 Å². The van der Waals surface area contributed by atoms with Crippen LogP contribution in [0.1, 0.15) is 46.1 Å². The lowest BCUT2D eigenvalue weighted by atomic mass is 9.95. The second-order valence-electron chi connectivity index (χ2n) is 8.76. The van der Waals surface area contributed by atoms with E-state index in [0.717, 1.165) is 53.9 Å². The molecule has 0 saturated carbocycles. The van der Waals surface area contributed by atoms with Gasteiger partial charge < -0.3 is 10.1 Å². The number of aryl methyl sites for hydroxylation is 2. The molecule has 2 aromatic heterocycles. The number of benzene rings is 2. The van der Waals surface area contributed by atoms with Crippen molar-refractivity contribution in [1.82, 2.24) is 14.8 Å². The number of hydrogen-bond donors (Lipinski definition) is 1. The fourth-order valence-corrected chi connectivity index (χ4v) is 6.58. The number of nitrogens with one attached hydrogen (secondary N) is 1. The number of rotatable bonds is 8. The van der Waals surface area contributed by atoms with Crippen LogP contribution in [-0.4, -0.2) is 39.0 Å². The molecular formula is C28H28N4O3S2. The van der Waals surface area contributed by atoms with Gasteiger partial charge in [0.05, 0.1) is 17.9 Å². The van der Waals surface area contributed by atoms with Crippen molar-refractivity contribution in [3.8, 4) is 17.1 Å². The number of carbonyl (C=O) groups is 2. The molecule has 2 aromatic carbocycles. The maximum Gasteiger partial charge on any atom is 0.341 e. The fraction of sp³-hybridized carbons (Fsp3) is 0.286. The minimum absolute atomic E-state index is 0.129. The number of anilines is 1. The van der Waals surface area contributed by atoms with Gasteiger partial charge in [-0.05, 0) is 62.8 Å². The van der Waals surface area contributed by atoms with E-state index in [2.05, 4.69) is 15.5 Å². The van der Waals surface area contributed by atoms with E-state index in [1.165, 1.54) is 28.0 Å². The van der Waals surface area contributed by atoms with Crippen LogP contribution < -0.4 is 5.32 Å². The number of ether oxygens (including phenoxy) is 1. The molecule has 0 radical (unpaired) electrons. The van der Waals surface area contributed by atoms with Gasteiger partial charge in [0, 0.05) is 16.1 Å². The van der Waals surface area contributed by atoms with Crippen LogP contribution in [0, 0.1) is 6.92 Å². The van der Waals surface area contributed by atoms with Gasteiger partial charge in [-0.15, -0.1) is 21.5 Å². The molecule has 0 atom stereocenters. The normalized spacial score (nSPS) is 12.7. The van der Waals surface area contributed by atoms with Crippen LogP contribution in [0.4, 0.5) is 5.00 Å². The van der Waals surface area contributed by atoms with Gasteiger partial charge >= 0.3 is 5.97 Å². The molecule has 7 nitrogen and oxygen atoms in total.